The van der Waals surface area contributed by atoms with Crippen LogP contribution in [0.25, 0.3) is 0 Å². The highest BCUT2D eigenvalue weighted by Crippen LogP contribution is 2.23. The molecule has 1 amide bonds. The van der Waals surface area contributed by atoms with Gasteiger partial charge in [-0.3, -0.25) is 4.79 Å². The standard InChI is InChI=1S/C17H28N2O2/c1-17(2,3)11-14(12-18)16(20)19-10-9-13-5-7-15(21-4)8-6-13/h5-8,14H,9-12,18H2,1-4H3,(H,19,20). The Labute approximate surface area is 128 Å². The van der Waals surface area contributed by atoms with Crippen molar-refractivity contribution in [1.82, 2.24) is 5.32 Å². The summed E-state index contributed by atoms with van der Waals surface area (Å²) in [5.41, 5.74) is 7.01. The van der Waals surface area contributed by atoms with Crippen LogP contribution in [0.2, 0.25) is 0 Å². The molecule has 4 heteroatoms. The molecule has 0 bridgehead atoms. The summed E-state index contributed by atoms with van der Waals surface area (Å²) in [7, 11) is 1.65. The summed E-state index contributed by atoms with van der Waals surface area (Å²) < 4.78 is 5.12. The van der Waals surface area contributed by atoms with Gasteiger partial charge in [0.1, 0.15) is 5.75 Å². The van der Waals surface area contributed by atoms with Gasteiger partial charge < -0.3 is 15.8 Å². The van der Waals surface area contributed by atoms with Crippen molar-refractivity contribution in [2.45, 2.75) is 33.6 Å². The van der Waals surface area contributed by atoms with Gasteiger partial charge in [0.25, 0.3) is 0 Å². The van der Waals surface area contributed by atoms with E-state index in [1.54, 1.807) is 7.11 Å². The molecule has 118 valence electrons. The normalized spacial score (nSPS) is 12.8. The van der Waals surface area contributed by atoms with E-state index in [1.807, 2.05) is 24.3 Å². The fraction of sp³-hybridized carbons (Fsp3) is 0.588. The van der Waals surface area contributed by atoms with E-state index >= 15 is 0 Å². The first-order chi connectivity index (χ1) is 9.85. The van der Waals surface area contributed by atoms with Gasteiger partial charge in [-0.05, 0) is 36.0 Å². The van der Waals surface area contributed by atoms with E-state index in [-0.39, 0.29) is 17.2 Å². The van der Waals surface area contributed by atoms with Crippen LogP contribution in [0.5, 0.6) is 5.75 Å². The number of carbonyl (C=O) groups is 1. The third-order valence-corrected chi connectivity index (χ3v) is 3.39. The van der Waals surface area contributed by atoms with E-state index in [2.05, 4.69) is 26.1 Å². The number of rotatable bonds is 7. The van der Waals surface area contributed by atoms with Gasteiger partial charge in [-0.25, -0.2) is 0 Å². The van der Waals surface area contributed by atoms with Crippen LogP contribution in [-0.4, -0.2) is 26.1 Å². The van der Waals surface area contributed by atoms with Crippen LogP contribution in [-0.2, 0) is 11.2 Å². The number of benzene rings is 1. The molecule has 0 fully saturated rings. The molecule has 0 aliphatic carbocycles. The summed E-state index contributed by atoms with van der Waals surface area (Å²) in [6, 6.07) is 7.89. The molecule has 0 aromatic heterocycles. The number of hydrogen-bond donors (Lipinski definition) is 2. The van der Waals surface area contributed by atoms with E-state index < -0.39 is 0 Å². The van der Waals surface area contributed by atoms with Crippen molar-refractivity contribution in [2.24, 2.45) is 17.1 Å². The molecule has 0 saturated carbocycles. The third-order valence-electron chi connectivity index (χ3n) is 3.39. The van der Waals surface area contributed by atoms with Gasteiger partial charge in [-0.15, -0.1) is 0 Å². The second-order valence-electron chi connectivity index (χ2n) is 6.59. The maximum Gasteiger partial charge on any atom is 0.224 e. The second kappa shape index (κ2) is 8.03. The zero-order valence-electron chi connectivity index (χ0n) is 13.6. The van der Waals surface area contributed by atoms with Crippen LogP contribution in [0.15, 0.2) is 24.3 Å². The number of hydrogen-bond acceptors (Lipinski definition) is 3. The van der Waals surface area contributed by atoms with Crippen LogP contribution in [0.4, 0.5) is 0 Å². The average Bonchev–Trinajstić information content (AvgIpc) is 2.44. The van der Waals surface area contributed by atoms with E-state index in [0.717, 1.165) is 18.6 Å². The first-order valence-electron chi connectivity index (χ1n) is 7.46. The summed E-state index contributed by atoms with van der Waals surface area (Å²) >= 11 is 0. The Balaban J connectivity index is 2.40. The van der Waals surface area contributed by atoms with Crippen molar-refractivity contribution in [1.29, 1.82) is 0 Å². The molecule has 1 atom stereocenters. The fourth-order valence-electron chi connectivity index (χ4n) is 2.29. The van der Waals surface area contributed by atoms with E-state index in [1.165, 1.54) is 5.56 Å². The topological polar surface area (TPSA) is 64.3 Å². The molecule has 1 unspecified atom stereocenters. The van der Waals surface area contributed by atoms with Gasteiger partial charge in [0, 0.05) is 13.1 Å². The highest BCUT2D eigenvalue weighted by atomic mass is 16.5. The number of nitrogens with two attached hydrogens (primary N) is 1. The van der Waals surface area contributed by atoms with Gasteiger partial charge in [0.05, 0.1) is 13.0 Å². The number of ether oxygens (including phenoxy) is 1. The summed E-state index contributed by atoms with van der Waals surface area (Å²) in [6.45, 7) is 7.40. The molecule has 1 aromatic carbocycles. The molecule has 1 aromatic rings. The van der Waals surface area contributed by atoms with Crippen molar-refractivity contribution in [3.05, 3.63) is 29.8 Å². The maximum atomic E-state index is 12.1. The average molecular weight is 292 g/mol. The van der Waals surface area contributed by atoms with E-state index in [0.29, 0.717) is 13.1 Å². The van der Waals surface area contributed by atoms with Gasteiger partial charge in [0.15, 0.2) is 0 Å². The van der Waals surface area contributed by atoms with E-state index in [4.69, 9.17) is 10.5 Å². The predicted molar refractivity (Wildman–Crippen MR) is 86.3 cm³/mol. The molecular formula is C17H28N2O2. The Hall–Kier alpha value is -1.55. The molecule has 0 aliphatic rings. The molecule has 21 heavy (non-hydrogen) atoms. The molecule has 3 N–H and O–H groups in total. The SMILES string of the molecule is COc1ccc(CCNC(=O)C(CN)CC(C)(C)C)cc1. The van der Waals surface area contributed by atoms with Crippen molar-refractivity contribution in [3.63, 3.8) is 0 Å². The lowest BCUT2D eigenvalue weighted by molar-refractivity contribution is -0.125. The summed E-state index contributed by atoms with van der Waals surface area (Å²) in [5, 5.41) is 2.98. The smallest absolute Gasteiger partial charge is 0.224 e. The zero-order chi connectivity index (χ0) is 15.9. The van der Waals surface area contributed by atoms with Crippen LogP contribution >= 0.6 is 0 Å². The minimum absolute atomic E-state index is 0.0564. The number of methoxy groups -OCH3 is 1. The van der Waals surface area contributed by atoms with Gasteiger partial charge in [-0.1, -0.05) is 32.9 Å². The largest absolute Gasteiger partial charge is 0.497 e. The number of carbonyl (C=O) groups excluding carboxylic acids is 1. The quantitative estimate of drug-likeness (QED) is 0.811. The highest BCUT2D eigenvalue weighted by Gasteiger charge is 2.23. The Morgan fingerprint density at radius 1 is 1.29 bits per heavy atom. The monoisotopic (exact) mass is 292 g/mol. The van der Waals surface area contributed by atoms with E-state index in [9.17, 15) is 4.79 Å². The van der Waals surface area contributed by atoms with Gasteiger partial charge in [0.2, 0.25) is 5.91 Å². The lowest BCUT2D eigenvalue weighted by atomic mass is 9.84. The molecular weight excluding hydrogens is 264 g/mol. The maximum absolute atomic E-state index is 12.1. The van der Waals surface area contributed by atoms with Gasteiger partial charge >= 0.3 is 0 Å². The Morgan fingerprint density at radius 2 is 1.90 bits per heavy atom. The van der Waals surface area contributed by atoms with Crippen molar-refractivity contribution < 1.29 is 9.53 Å². The van der Waals surface area contributed by atoms with Crippen molar-refractivity contribution >= 4 is 5.91 Å². The van der Waals surface area contributed by atoms with Crippen molar-refractivity contribution in [2.75, 3.05) is 20.2 Å². The summed E-state index contributed by atoms with van der Waals surface area (Å²) in [4.78, 5) is 12.1. The van der Waals surface area contributed by atoms with Crippen LogP contribution in [0, 0.1) is 11.3 Å². The molecule has 1 rings (SSSR count). The molecule has 0 saturated heterocycles. The first-order valence-corrected chi connectivity index (χ1v) is 7.46. The lowest BCUT2D eigenvalue weighted by Crippen LogP contribution is -2.38. The second-order valence-corrected chi connectivity index (χ2v) is 6.59. The summed E-state index contributed by atoms with van der Waals surface area (Å²) in [6.07, 6.45) is 1.61. The molecule has 0 spiro atoms. The Morgan fingerprint density at radius 3 is 2.38 bits per heavy atom. The lowest BCUT2D eigenvalue weighted by Gasteiger charge is -2.24. The Kier molecular flexibility index (Phi) is 6.69. The first kappa shape index (κ1) is 17.5. The van der Waals surface area contributed by atoms with Crippen LogP contribution in [0.1, 0.15) is 32.8 Å². The minimum Gasteiger partial charge on any atom is -0.497 e. The predicted octanol–water partition coefficient (Wildman–Crippen LogP) is 2.37. The van der Waals surface area contributed by atoms with Gasteiger partial charge in [-0.2, -0.15) is 0 Å². The highest BCUT2D eigenvalue weighted by molar-refractivity contribution is 5.78. The molecule has 0 heterocycles. The fourth-order valence-corrected chi connectivity index (χ4v) is 2.29. The molecule has 0 radical (unpaired) electrons. The Bertz CT molecular complexity index is 435. The summed E-state index contributed by atoms with van der Waals surface area (Å²) in [5.74, 6) is 0.790. The third kappa shape index (κ3) is 6.63. The zero-order valence-corrected chi connectivity index (χ0v) is 13.6. The minimum atomic E-state index is -0.110. The van der Waals surface area contributed by atoms with Crippen LogP contribution < -0.4 is 15.8 Å². The number of nitrogens with one attached hydrogen (secondary N) is 1. The molecule has 0 aliphatic heterocycles. The number of amides is 1. The molecule has 4 nitrogen and oxygen atoms in total. The van der Waals surface area contributed by atoms with Crippen LogP contribution in [0.3, 0.4) is 0 Å². The van der Waals surface area contributed by atoms with Crippen molar-refractivity contribution in [3.8, 4) is 5.75 Å².